The van der Waals surface area contributed by atoms with Crippen LogP contribution in [0.4, 0.5) is 0 Å². The lowest BCUT2D eigenvalue weighted by atomic mass is 10.0. The minimum absolute atomic E-state index is 0.0127. The molecule has 0 aliphatic carbocycles. The van der Waals surface area contributed by atoms with Gasteiger partial charge >= 0.3 is 0 Å². The Hall–Kier alpha value is -3.36. The van der Waals surface area contributed by atoms with Gasteiger partial charge in [-0.3, -0.25) is 9.36 Å². The molecule has 0 rings (SSSR count). The first-order valence-corrected chi connectivity index (χ1v) is 32.0. The van der Waals surface area contributed by atoms with E-state index in [4.69, 9.17) is 9.05 Å². The van der Waals surface area contributed by atoms with E-state index in [-0.39, 0.29) is 12.5 Å². The first-order valence-electron chi connectivity index (χ1n) is 30.5. The molecule has 9 heteroatoms. The number of hydrogen-bond acceptors (Lipinski definition) is 6. The average Bonchev–Trinajstić information content (AvgIpc) is 3.38. The second kappa shape index (κ2) is 56.4. The van der Waals surface area contributed by atoms with Crippen molar-refractivity contribution in [3.05, 3.63) is 134 Å². The second-order valence-electron chi connectivity index (χ2n) is 21.3. The molecule has 0 heterocycles. The lowest BCUT2D eigenvalue weighted by molar-refractivity contribution is -0.870. The number of nitrogens with zero attached hydrogens (tertiary/aromatic N) is 1. The third-order valence-corrected chi connectivity index (χ3v) is 13.8. The molecule has 8 nitrogen and oxygen atoms in total. The summed E-state index contributed by atoms with van der Waals surface area (Å²) >= 11 is 0. The number of likely N-dealkylation sites (N-methyl/N-ethyl adjacent to an activating group) is 1. The molecule has 0 aromatic heterocycles. The van der Waals surface area contributed by atoms with Crippen LogP contribution in [0.25, 0.3) is 0 Å². The lowest BCUT2D eigenvalue weighted by Gasteiger charge is -2.29. The van der Waals surface area contributed by atoms with Gasteiger partial charge in [0.2, 0.25) is 5.91 Å². The van der Waals surface area contributed by atoms with Gasteiger partial charge in [0.15, 0.2) is 0 Å². The molecule has 76 heavy (non-hydrogen) atoms. The molecule has 0 spiro atoms. The number of rotatable bonds is 54. The van der Waals surface area contributed by atoms with Crippen molar-refractivity contribution in [2.24, 2.45) is 0 Å². The Morgan fingerprint density at radius 2 is 0.816 bits per heavy atom. The number of aliphatic hydroxyl groups is 1. The van der Waals surface area contributed by atoms with Crippen molar-refractivity contribution in [2.45, 2.75) is 244 Å². The Morgan fingerprint density at radius 1 is 0.474 bits per heavy atom. The monoisotopic (exact) mass is 1070 g/mol. The van der Waals surface area contributed by atoms with Crippen LogP contribution < -0.4 is 10.2 Å². The number of aliphatic hydroxyl groups excluding tert-OH is 1. The van der Waals surface area contributed by atoms with Gasteiger partial charge in [-0.05, 0) is 103 Å². The highest BCUT2D eigenvalue weighted by molar-refractivity contribution is 7.45. The van der Waals surface area contributed by atoms with Crippen LogP contribution >= 0.6 is 7.82 Å². The van der Waals surface area contributed by atoms with Gasteiger partial charge in [0, 0.05) is 6.42 Å². The molecule has 0 aliphatic heterocycles. The van der Waals surface area contributed by atoms with E-state index < -0.39 is 26.6 Å². The van der Waals surface area contributed by atoms with Crippen molar-refractivity contribution in [3.8, 4) is 0 Å². The standard InChI is InChI=1S/C67H115N2O6P/c1-6-8-10-12-14-16-18-20-22-23-24-25-26-27-28-29-30-31-32-33-34-35-36-37-38-39-40-41-42-43-44-45-47-49-51-53-55-57-59-61-67(71)68-65(64-75-76(72,73)74-63-62-69(3,4)5)66(70)60-58-56-54-52-50-48-46-21-19-17-15-13-11-9-7-2/h8,10,14,16,20,22,24-25,27-28,30-31,33-34,36-37,39-40,50,52,58,60,65-66,70H,6-7,9,11-13,15,17-19,21,23,26,29,32,35,38,41-49,51,53-57,59,61-64H2,1-5H3,(H-,68,71,72,73)/b10-8-,16-14-,22-20-,25-24-,28-27-,31-30-,34-33-,37-36-,40-39-,52-50+,60-58+. The van der Waals surface area contributed by atoms with Crippen LogP contribution in [-0.4, -0.2) is 68.5 Å². The number of nitrogens with one attached hydrogen (secondary N) is 1. The summed E-state index contributed by atoms with van der Waals surface area (Å²) in [6.45, 7) is 4.49. The quantitative estimate of drug-likeness (QED) is 0.0272. The third kappa shape index (κ3) is 58.3. The maximum atomic E-state index is 13.0. The smallest absolute Gasteiger partial charge is 0.268 e. The molecule has 0 aromatic rings. The van der Waals surface area contributed by atoms with Gasteiger partial charge in [0.1, 0.15) is 13.2 Å². The van der Waals surface area contributed by atoms with E-state index >= 15 is 0 Å². The van der Waals surface area contributed by atoms with Crippen LogP contribution in [0, 0.1) is 0 Å². The molecule has 3 atom stereocenters. The van der Waals surface area contributed by atoms with Crippen LogP contribution in [0.1, 0.15) is 232 Å². The maximum absolute atomic E-state index is 13.0. The van der Waals surface area contributed by atoms with E-state index in [2.05, 4.69) is 141 Å². The van der Waals surface area contributed by atoms with Gasteiger partial charge in [-0.1, -0.05) is 257 Å². The summed E-state index contributed by atoms with van der Waals surface area (Å²) in [6, 6.07) is -0.913. The van der Waals surface area contributed by atoms with Gasteiger partial charge in [-0.25, -0.2) is 0 Å². The van der Waals surface area contributed by atoms with E-state index in [9.17, 15) is 19.4 Å². The Labute approximate surface area is 468 Å². The predicted octanol–water partition coefficient (Wildman–Crippen LogP) is 18.5. The summed E-state index contributed by atoms with van der Waals surface area (Å²) in [4.78, 5) is 25.5. The van der Waals surface area contributed by atoms with Gasteiger partial charge in [-0.15, -0.1) is 0 Å². The fourth-order valence-corrected chi connectivity index (χ4v) is 8.83. The van der Waals surface area contributed by atoms with Crippen LogP contribution in [0.3, 0.4) is 0 Å². The van der Waals surface area contributed by atoms with Crippen molar-refractivity contribution in [1.29, 1.82) is 0 Å². The Morgan fingerprint density at radius 3 is 1.22 bits per heavy atom. The van der Waals surface area contributed by atoms with E-state index in [1.165, 1.54) is 109 Å². The highest BCUT2D eigenvalue weighted by Crippen LogP contribution is 2.38. The van der Waals surface area contributed by atoms with Crippen molar-refractivity contribution in [1.82, 2.24) is 5.32 Å². The van der Waals surface area contributed by atoms with Crippen molar-refractivity contribution < 1.29 is 32.9 Å². The first-order chi connectivity index (χ1) is 37.0. The van der Waals surface area contributed by atoms with Gasteiger partial charge in [0.05, 0.1) is 39.9 Å². The van der Waals surface area contributed by atoms with Crippen LogP contribution in [0.2, 0.25) is 0 Å². The van der Waals surface area contributed by atoms with Crippen LogP contribution in [-0.2, 0) is 18.4 Å². The number of amides is 1. The molecule has 0 aromatic carbocycles. The Kier molecular flexibility index (Phi) is 53.9. The van der Waals surface area contributed by atoms with Crippen LogP contribution in [0.5, 0.6) is 0 Å². The molecular weight excluding hydrogens is 960 g/mol. The number of unbranched alkanes of at least 4 members (excludes halogenated alkanes) is 21. The number of hydrogen-bond donors (Lipinski definition) is 2. The average molecular weight is 1080 g/mol. The summed E-state index contributed by atoms with van der Waals surface area (Å²) in [5.74, 6) is -0.216. The topological polar surface area (TPSA) is 108 Å². The number of carbonyl (C=O) groups is 1. The summed E-state index contributed by atoms with van der Waals surface area (Å²) < 4.78 is 23.3. The number of phosphoric acid groups is 1. The van der Waals surface area contributed by atoms with Crippen molar-refractivity contribution in [2.75, 3.05) is 40.9 Å². The molecule has 0 bridgehead atoms. The molecule has 0 saturated carbocycles. The number of carbonyl (C=O) groups excluding carboxylic acids is 1. The fraction of sp³-hybridized carbons (Fsp3) is 0.657. The van der Waals surface area contributed by atoms with E-state index in [0.29, 0.717) is 17.4 Å². The molecule has 0 radical (unpaired) electrons. The van der Waals surface area contributed by atoms with Gasteiger partial charge in [0.25, 0.3) is 7.82 Å². The Bertz CT molecular complexity index is 1700. The predicted molar refractivity (Wildman–Crippen MR) is 329 cm³/mol. The lowest BCUT2D eigenvalue weighted by Crippen LogP contribution is -2.45. The van der Waals surface area contributed by atoms with Crippen molar-refractivity contribution in [3.63, 3.8) is 0 Å². The number of phosphoric ester groups is 1. The van der Waals surface area contributed by atoms with Crippen molar-refractivity contribution >= 4 is 13.7 Å². The van der Waals surface area contributed by atoms with E-state index in [0.717, 1.165) is 103 Å². The van der Waals surface area contributed by atoms with Gasteiger partial charge in [-0.2, -0.15) is 0 Å². The van der Waals surface area contributed by atoms with Gasteiger partial charge < -0.3 is 28.8 Å². The second-order valence-corrected chi connectivity index (χ2v) is 22.7. The van der Waals surface area contributed by atoms with Crippen LogP contribution in [0.15, 0.2) is 134 Å². The first kappa shape index (κ1) is 72.6. The molecule has 2 N–H and O–H groups in total. The maximum Gasteiger partial charge on any atom is 0.268 e. The highest BCUT2D eigenvalue weighted by Gasteiger charge is 2.23. The molecule has 3 unspecified atom stereocenters. The zero-order valence-electron chi connectivity index (χ0n) is 49.4. The summed E-state index contributed by atoms with van der Waals surface area (Å²) in [5, 5.41) is 13.8. The largest absolute Gasteiger partial charge is 0.756 e. The molecule has 0 fully saturated rings. The zero-order chi connectivity index (χ0) is 55.6. The zero-order valence-corrected chi connectivity index (χ0v) is 50.3. The minimum Gasteiger partial charge on any atom is -0.756 e. The summed E-state index contributed by atoms with van der Waals surface area (Å²) in [6.07, 6.45) is 85.4. The van der Waals surface area contributed by atoms with E-state index in [1.54, 1.807) is 6.08 Å². The SMILES string of the molecule is CC/C=C\C/C=C\C/C=C\C/C=C\C/C=C\C/C=C\C/C=C\C/C=C\C/C=C\CCCCCCCCCCCCCC(=O)NC(COP(=O)([O-])OCC[N+](C)(C)C)C(O)/C=C/CC/C=C/CCCCCCCCCCC. The number of quaternary nitrogens is 1. The molecule has 434 valence electrons. The van der Waals surface area contributed by atoms with E-state index in [1.807, 2.05) is 27.2 Å². The molecular formula is C67H115N2O6P. The number of allylic oxidation sites excluding steroid dienone is 21. The highest BCUT2D eigenvalue weighted by atomic mass is 31.2. The third-order valence-electron chi connectivity index (χ3n) is 12.8. The molecule has 0 saturated heterocycles. The molecule has 1 amide bonds. The molecule has 0 aliphatic rings. The fourth-order valence-electron chi connectivity index (χ4n) is 8.10. The minimum atomic E-state index is -4.61. The normalized spacial score (nSPS) is 14.8. The summed E-state index contributed by atoms with van der Waals surface area (Å²) in [7, 11) is 1.23. The Balaban J connectivity index is 4.12. The summed E-state index contributed by atoms with van der Waals surface area (Å²) in [5.41, 5.74) is 0.